The first-order valence-electron chi connectivity index (χ1n) is 7.50. The van der Waals surface area contributed by atoms with Crippen LogP contribution in [0.1, 0.15) is 57.9 Å². The Bertz CT molecular complexity index is 515. The number of aryl methyl sites for hydroxylation is 1. The molecule has 1 aromatic carbocycles. The summed E-state index contributed by atoms with van der Waals surface area (Å²) < 4.78 is 24.8. The summed E-state index contributed by atoms with van der Waals surface area (Å²) in [6, 6.07) is 7.08. The van der Waals surface area contributed by atoms with Crippen LogP contribution in [0, 0.1) is 6.92 Å². The molecule has 0 aliphatic heterocycles. The van der Waals surface area contributed by atoms with Gasteiger partial charge in [0, 0.05) is 5.41 Å². The lowest BCUT2D eigenvalue weighted by Crippen LogP contribution is -1.99. The molecule has 0 aliphatic carbocycles. The monoisotopic (exact) mass is 294 g/mol. The first kappa shape index (κ1) is 17.0. The molecule has 1 aromatic rings. The number of benzene rings is 1. The van der Waals surface area contributed by atoms with E-state index in [0.717, 1.165) is 49.7 Å². The Morgan fingerprint density at radius 3 is 1.95 bits per heavy atom. The molecular formula is C17H26O2S. The molecular weight excluding hydrogens is 268 g/mol. The maximum Gasteiger partial charge on any atom is 0.199 e. The quantitative estimate of drug-likeness (QED) is 0.673. The third-order valence-corrected chi connectivity index (χ3v) is 4.95. The van der Waals surface area contributed by atoms with Crippen molar-refractivity contribution in [1.29, 1.82) is 0 Å². The Hall–Kier alpha value is -1.09. The summed E-state index contributed by atoms with van der Waals surface area (Å²) in [5, 5.41) is 1.50. The molecule has 0 atom stereocenters. The van der Waals surface area contributed by atoms with Crippen molar-refractivity contribution >= 4 is 9.84 Å². The van der Waals surface area contributed by atoms with Crippen molar-refractivity contribution in [2.24, 2.45) is 0 Å². The molecule has 0 amide bonds. The van der Waals surface area contributed by atoms with Gasteiger partial charge >= 0.3 is 0 Å². The molecule has 0 aliphatic rings. The van der Waals surface area contributed by atoms with Gasteiger partial charge in [0.05, 0.1) is 4.90 Å². The van der Waals surface area contributed by atoms with Crippen molar-refractivity contribution in [2.45, 2.75) is 64.2 Å². The minimum absolute atomic E-state index is 0.397. The standard InChI is InChI=1S/C17H26O2S/c1-4-6-8-16(9-7-5-2)14-20(18,19)17-12-10-15(3)11-13-17/h10-14H,4-9H2,1-3H3. The summed E-state index contributed by atoms with van der Waals surface area (Å²) in [6.07, 6.45) is 6.07. The van der Waals surface area contributed by atoms with Gasteiger partial charge in [-0.1, -0.05) is 50.0 Å². The highest BCUT2D eigenvalue weighted by Gasteiger charge is 2.12. The zero-order valence-corrected chi connectivity index (χ0v) is 13.7. The van der Waals surface area contributed by atoms with Crippen LogP contribution in [0.3, 0.4) is 0 Å². The molecule has 2 nitrogen and oxygen atoms in total. The second-order valence-corrected chi connectivity index (χ2v) is 7.14. The smallest absolute Gasteiger partial charge is 0.199 e. The first-order valence-corrected chi connectivity index (χ1v) is 9.05. The Morgan fingerprint density at radius 1 is 1.00 bits per heavy atom. The fourth-order valence-electron chi connectivity index (χ4n) is 2.07. The summed E-state index contributed by atoms with van der Waals surface area (Å²) in [5.41, 5.74) is 2.14. The predicted molar refractivity (Wildman–Crippen MR) is 85.5 cm³/mol. The Morgan fingerprint density at radius 2 is 1.50 bits per heavy atom. The molecule has 0 unspecified atom stereocenters. The van der Waals surface area contributed by atoms with E-state index < -0.39 is 9.84 Å². The molecule has 0 spiro atoms. The van der Waals surface area contributed by atoms with Crippen molar-refractivity contribution in [3.63, 3.8) is 0 Å². The minimum atomic E-state index is -3.30. The largest absolute Gasteiger partial charge is 0.219 e. The predicted octanol–water partition coefficient (Wildman–Crippen LogP) is 5.03. The van der Waals surface area contributed by atoms with E-state index in [-0.39, 0.29) is 0 Å². The van der Waals surface area contributed by atoms with Crippen LogP contribution in [-0.4, -0.2) is 8.42 Å². The van der Waals surface area contributed by atoms with E-state index in [9.17, 15) is 8.42 Å². The van der Waals surface area contributed by atoms with Crippen LogP contribution in [0.5, 0.6) is 0 Å². The maximum atomic E-state index is 12.4. The number of rotatable bonds is 8. The maximum absolute atomic E-state index is 12.4. The highest BCUT2D eigenvalue weighted by Crippen LogP contribution is 2.21. The van der Waals surface area contributed by atoms with Gasteiger partial charge in [0.2, 0.25) is 0 Å². The molecule has 3 heteroatoms. The van der Waals surface area contributed by atoms with Crippen LogP contribution in [-0.2, 0) is 9.84 Å². The summed E-state index contributed by atoms with van der Waals surface area (Å²) in [4.78, 5) is 0.397. The minimum Gasteiger partial charge on any atom is -0.219 e. The Kier molecular flexibility index (Phi) is 7.00. The highest BCUT2D eigenvalue weighted by atomic mass is 32.2. The second-order valence-electron chi connectivity index (χ2n) is 5.34. The molecule has 112 valence electrons. The van der Waals surface area contributed by atoms with Crippen molar-refractivity contribution in [1.82, 2.24) is 0 Å². The van der Waals surface area contributed by atoms with E-state index in [1.54, 1.807) is 12.1 Å². The summed E-state index contributed by atoms with van der Waals surface area (Å²) >= 11 is 0. The van der Waals surface area contributed by atoms with E-state index in [2.05, 4.69) is 13.8 Å². The average Bonchev–Trinajstić information content (AvgIpc) is 2.42. The van der Waals surface area contributed by atoms with Gasteiger partial charge in [-0.25, -0.2) is 8.42 Å². The van der Waals surface area contributed by atoms with E-state index in [4.69, 9.17) is 0 Å². The third-order valence-electron chi connectivity index (χ3n) is 3.37. The van der Waals surface area contributed by atoms with Gasteiger partial charge in [0.25, 0.3) is 0 Å². The molecule has 20 heavy (non-hydrogen) atoms. The lowest BCUT2D eigenvalue weighted by Gasteiger charge is -2.07. The zero-order valence-electron chi connectivity index (χ0n) is 12.9. The number of hydrogen-bond donors (Lipinski definition) is 0. The summed E-state index contributed by atoms with van der Waals surface area (Å²) in [7, 11) is -3.30. The van der Waals surface area contributed by atoms with Crippen molar-refractivity contribution in [3.05, 3.63) is 40.8 Å². The van der Waals surface area contributed by atoms with Crippen LogP contribution >= 0.6 is 0 Å². The van der Waals surface area contributed by atoms with E-state index in [1.807, 2.05) is 19.1 Å². The van der Waals surface area contributed by atoms with Gasteiger partial charge in [-0.15, -0.1) is 0 Å². The number of allylic oxidation sites excluding steroid dienone is 1. The van der Waals surface area contributed by atoms with Crippen LogP contribution in [0.4, 0.5) is 0 Å². The van der Waals surface area contributed by atoms with Crippen molar-refractivity contribution in [3.8, 4) is 0 Å². The normalized spacial score (nSPS) is 11.3. The van der Waals surface area contributed by atoms with Gasteiger partial charge in [-0.2, -0.15) is 0 Å². The molecule has 0 radical (unpaired) electrons. The van der Waals surface area contributed by atoms with Gasteiger partial charge in [-0.3, -0.25) is 0 Å². The van der Waals surface area contributed by atoms with Gasteiger partial charge < -0.3 is 0 Å². The van der Waals surface area contributed by atoms with Crippen LogP contribution in [0.15, 0.2) is 40.1 Å². The Labute approximate surface area is 123 Å². The number of unbranched alkanes of at least 4 members (excludes halogenated alkanes) is 2. The van der Waals surface area contributed by atoms with Gasteiger partial charge in [-0.05, 0) is 44.7 Å². The fraction of sp³-hybridized carbons (Fsp3) is 0.529. The van der Waals surface area contributed by atoms with Crippen molar-refractivity contribution < 1.29 is 8.42 Å². The molecule has 0 heterocycles. The molecule has 0 saturated heterocycles. The van der Waals surface area contributed by atoms with Crippen LogP contribution in [0.25, 0.3) is 0 Å². The van der Waals surface area contributed by atoms with E-state index >= 15 is 0 Å². The van der Waals surface area contributed by atoms with Crippen molar-refractivity contribution in [2.75, 3.05) is 0 Å². The molecule has 0 N–H and O–H groups in total. The lowest BCUT2D eigenvalue weighted by atomic mass is 10.1. The third kappa shape index (κ3) is 5.49. The van der Waals surface area contributed by atoms with Crippen LogP contribution < -0.4 is 0 Å². The number of hydrogen-bond acceptors (Lipinski definition) is 2. The van der Waals surface area contributed by atoms with Gasteiger partial charge in [0.15, 0.2) is 9.84 Å². The zero-order chi connectivity index (χ0) is 15.0. The topological polar surface area (TPSA) is 34.1 Å². The molecule has 0 bridgehead atoms. The fourth-order valence-corrected chi connectivity index (χ4v) is 3.39. The molecule has 0 fully saturated rings. The average molecular weight is 294 g/mol. The van der Waals surface area contributed by atoms with Crippen LogP contribution in [0.2, 0.25) is 0 Å². The van der Waals surface area contributed by atoms with E-state index in [1.165, 1.54) is 5.41 Å². The molecule has 0 saturated carbocycles. The highest BCUT2D eigenvalue weighted by molar-refractivity contribution is 7.94. The molecule has 1 rings (SSSR count). The second kappa shape index (κ2) is 8.25. The molecule has 0 aromatic heterocycles. The summed E-state index contributed by atoms with van der Waals surface area (Å²) in [6.45, 7) is 6.22. The summed E-state index contributed by atoms with van der Waals surface area (Å²) in [5.74, 6) is 0. The SMILES string of the molecule is CCCCC(=CS(=O)(=O)c1ccc(C)cc1)CCCC. The van der Waals surface area contributed by atoms with E-state index in [0.29, 0.717) is 4.90 Å². The first-order chi connectivity index (χ1) is 9.49. The van der Waals surface area contributed by atoms with Gasteiger partial charge in [0.1, 0.15) is 0 Å². The Balaban J connectivity index is 2.96. The number of sulfone groups is 1. The lowest BCUT2D eigenvalue weighted by molar-refractivity contribution is 0.603.